The molecule has 0 aliphatic carbocycles. The zero-order chi connectivity index (χ0) is 15.6. The summed E-state index contributed by atoms with van der Waals surface area (Å²) in [5.41, 5.74) is 9.41. The van der Waals surface area contributed by atoms with Gasteiger partial charge in [-0.15, -0.1) is 0 Å². The number of para-hydroxylation sites is 1. The van der Waals surface area contributed by atoms with E-state index in [-0.39, 0.29) is 4.90 Å². The van der Waals surface area contributed by atoms with Crippen molar-refractivity contribution < 1.29 is 8.42 Å². The van der Waals surface area contributed by atoms with Gasteiger partial charge in [0.25, 0.3) is 10.0 Å². The lowest BCUT2D eigenvalue weighted by Gasteiger charge is -2.15. The van der Waals surface area contributed by atoms with Gasteiger partial charge in [0, 0.05) is 5.69 Å². The summed E-state index contributed by atoms with van der Waals surface area (Å²) in [6.45, 7) is 5.64. The largest absolute Gasteiger partial charge is 0.399 e. The molecule has 0 aliphatic heterocycles. The lowest BCUT2D eigenvalue weighted by molar-refractivity contribution is 0.600. The molecule has 2 aromatic carbocycles. The van der Waals surface area contributed by atoms with E-state index in [2.05, 4.69) is 4.72 Å². The molecule has 0 saturated carbocycles. The first-order valence-electron chi connectivity index (χ1n) is 6.82. The summed E-state index contributed by atoms with van der Waals surface area (Å²) in [6, 6.07) is 10.6. The van der Waals surface area contributed by atoms with Gasteiger partial charge < -0.3 is 5.73 Å². The molecule has 0 saturated heterocycles. The van der Waals surface area contributed by atoms with Crippen LogP contribution in [0.4, 0.5) is 11.4 Å². The third-order valence-corrected chi connectivity index (χ3v) is 4.97. The average Bonchev–Trinajstić information content (AvgIpc) is 2.40. The molecule has 0 fully saturated rings. The number of rotatable bonds is 4. The number of hydrogen-bond donors (Lipinski definition) is 2. The van der Waals surface area contributed by atoms with Gasteiger partial charge in [0.05, 0.1) is 10.6 Å². The second-order valence-electron chi connectivity index (χ2n) is 5.09. The van der Waals surface area contributed by atoms with Crippen molar-refractivity contribution in [2.24, 2.45) is 0 Å². The zero-order valence-corrected chi connectivity index (χ0v) is 13.3. The van der Waals surface area contributed by atoms with E-state index in [1.165, 1.54) is 6.07 Å². The zero-order valence-electron chi connectivity index (χ0n) is 12.5. The van der Waals surface area contributed by atoms with Crippen LogP contribution >= 0.6 is 0 Å². The summed E-state index contributed by atoms with van der Waals surface area (Å²) >= 11 is 0. The van der Waals surface area contributed by atoms with E-state index in [0.717, 1.165) is 17.5 Å². The molecular weight excluding hydrogens is 284 g/mol. The highest BCUT2D eigenvalue weighted by Gasteiger charge is 2.19. The van der Waals surface area contributed by atoms with Gasteiger partial charge in [0.2, 0.25) is 0 Å². The molecule has 0 atom stereocenters. The molecule has 3 N–H and O–H groups in total. The van der Waals surface area contributed by atoms with Crippen LogP contribution in [-0.4, -0.2) is 8.42 Å². The molecule has 0 spiro atoms. The van der Waals surface area contributed by atoms with Crippen molar-refractivity contribution in [1.29, 1.82) is 0 Å². The minimum atomic E-state index is -3.62. The summed E-state index contributed by atoms with van der Waals surface area (Å²) in [5, 5.41) is 0. The predicted molar refractivity (Wildman–Crippen MR) is 87.0 cm³/mol. The van der Waals surface area contributed by atoms with Crippen LogP contribution in [0, 0.1) is 13.8 Å². The van der Waals surface area contributed by atoms with Crippen molar-refractivity contribution in [3.63, 3.8) is 0 Å². The van der Waals surface area contributed by atoms with E-state index in [1.807, 2.05) is 32.0 Å². The fraction of sp³-hybridized carbons (Fsp3) is 0.250. The Hall–Kier alpha value is -2.01. The Balaban J connectivity index is 2.47. The summed E-state index contributed by atoms with van der Waals surface area (Å²) in [7, 11) is -3.62. The molecule has 21 heavy (non-hydrogen) atoms. The smallest absolute Gasteiger partial charge is 0.262 e. The number of nitrogen functional groups attached to an aromatic ring is 1. The van der Waals surface area contributed by atoms with E-state index in [0.29, 0.717) is 16.9 Å². The summed E-state index contributed by atoms with van der Waals surface area (Å²) in [6.07, 6.45) is 0.764. The van der Waals surface area contributed by atoms with Gasteiger partial charge in [-0.1, -0.05) is 25.1 Å². The number of sulfonamides is 1. The summed E-state index contributed by atoms with van der Waals surface area (Å²) in [4.78, 5) is 0.252. The first-order valence-corrected chi connectivity index (χ1v) is 8.31. The van der Waals surface area contributed by atoms with Gasteiger partial charge in [-0.05, 0) is 55.2 Å². The third-order valence-electron chi connectivity index (χ3n) is 3.46. The highest BCUT2D eigenvalue weighted by molar-refractivity contribution is 7.92. The number of benzene rings is 2. The van der Waals surface area contributed by atoms with Crippen molar-refractivity contribution in [2.45, 2.75) is 32.1 Å². The molecule has 5 heteroatoms. The third kappa shape index (κ3) is 3.19. The van der Waals surface area contributed by atoms with Crippen LogP contribution in [0.3, 0.4) is 0 Å². The van der Waals surface area contributed by atoms with Gasteiger partial charge in [-0.2, -0.15) is 0 Å². The number of nitrogens with two attached hydrogens (primary N) is 1. The van der Waals surface area contributed by atoms with E-state index in [9.17, 15) is 8.42 Å². The number of hydrogen-bond acceptors (Lipinski definition) is 3. The Morgan fingerprint density at radius 2 is 1.81 bits per heavy atom. The van der Waals surface area contributed by atoms with Gasteiger partial charge >= 0.3 is 0 Å². The monoisotopic (exact) mass is 304 g/mol. The van der Waals surface area contributed by atoms with Crippen molar-refractivity contribution in [3.8, 4) is 0 Å². The van der Waals surface area contributed by atoms with E-state index < -0.39 is 10.0 Å². The van der Waals surface area contributed by atoms with Crippen molar-refractivity contribution >= 4 is 21.4 Å². The quantitative estimate of drug-likeness (QED) is 0.852. The van der Waals surface area contributed by atoms with Crippen LogP contribution in [-0.2, 0) is 16.4 Å². The molecule has 0 aromatic heterocycles. The van der Waals surface area contributed by atoms with Crippen LogP contribution in [0.1, 0.15) is 23.6 Å². The van der Waals surface area contributed by atoms with E-state index in [1.54, 1.807) is 19.1 Å². The Morgan fingerprint density at radius 3 is 2.43 bits per heavy atom. The molecule has 0 heterocycles. The normalized spacial score (nSPS) is 11.4. The van der Waals surface area contributed by atoms with Crippen LogP contribution in [0.25, 0.3) is 0 Å². The number of nitrogens with one attached hydrogen (secondary N) is 1. The van der Waals surface area contributed by atoms with Gasteiger partial charge in [-0.25, -0.2) is 8.42 Å². The van der Waals surface area contributed by atoms with Gasteiger partial charge in [0.15, 0.2) is 0 Å². The molecule has 4 nitrogen and oxygen atoms in total. The Morgan fingerprint density at radius 1 is 1.10 bits per heavy atom. The summed E-state index contributed by atoms with van der Waals surface area (Å²) in [5.74, 6) is 0. The predicted octanol–water partition coefficient (Wildman–Crippen LogP) is 3.25. The van der Waals surface area contributed by atoms with Crippen LogP contribution in [0.2, 0.25) is 0 Å². The fourth-order valence-corrected chi connectivity index (χ4v) is 3.73. The first-order chi connectivity index (χ1) is 9.85. The molecule has 2 aromatic rings. The van der Waals surface area contributed by atoms with E-state index >= 15 is 0 Å². The van der Waals surface area contributed by atoms with E-state index in [4.69, 9.17) is 5.73 Å². The lowest BCUT2D eigenvalue weighted by Crippen LogP contribution is -2.16. The van der Waals surface area contributed by atoms with Gasteiger partial charge in [0.1, 0.15) is 0 Å². The maximum Gasteiger partial charge on any atom is 0.262 e. The molecule has 0 radical (unpaired) electrons. The van der Waals surface area contributed by atoms with Crippen molar-refractivity contribution in [1.82, 2.24) is 0 Å². The van der Waals surface area contributed by atoms with Crippen LogP contribution in [0.5, 0.6) is 0 Å². The Labute approximate surface area is 126 Å². The minimum absolute atomic E-state index is 0.252. The highest BCUT2D eigenvalue weighted by atomic mass is 32.2. The maximum atomic E-state index is 12.6. The standard InChI is InChI=1S/C16H20N2O2S/c1-4-13-7-5-6-11(2)16(13)18-21(19,20)15-9-8-14(17)10-12(15)3/h5-10,18H,4,17H2,1-3H3. The second-order valence-corrected chi connectivity index (χ2v) is 6.74. The molecule has 2 rings (SSSR count). The van der Waals surface area contributed by atoms with Crippen molar-refractivity contribution in [2.75, 3.05) is 10.5 Å². The fourth-order valence-electron chi connectivity index (χ4n) is 2.33. The first kappa shape index (κ1) is 15.4. The SMILES string of the molecule is CCc1cccc(C)c1NS(=O)(=O)c1ccc(N)cc1C. The molecular formula is C16H20N2O2S. The maximum absolute atomic E-state index is 12.6. The van der Waals surface area contributed by atoms with Crippen LogP contribution in [0.15, 0.2) is 41.3 Å². The molecule has 0 unspecified atom stereocenters. The van der Waals surface area contributed by atoms with Gasteiger partial charge in [-0.3, -0.25) is 4.72 Å². The van der Waals surface area contributed by atoms with Crippen molar-refractivity contribution in [3.05, 3.63) is 53.1 Å². The molecule has 112 valence electrons. The average molecular weight is 304 g/mol. The molecule has 0 bridgehead atoms. The molecule has 0 aliphatic rings. The highest BCUT2D eigenvalue weighted by Crippen LogP contribution is 2.26. The second kappa shape index (κ2) is 5.77. The minimum Gasteiger partial charge on any atom is -0.399 e. The summed E-state index contributed by atoms with van der Waals surface area (Å²) < 4.78 is 27.9. The number of anilines is 2. The lowest BCUT2D eigenvalue weighted by atomic mass is 10.1. The Kier molecular flexibility index (Phi) is 4.23. The Bertz CT molecular complexity index is 768. The topological polar surface area (TPSA) is 72.2 Å². The molecule has 0 amide bonds. The number of aryl methyl sites for hydroxylation is 3. The van der Waals surface area contributed by atoms with Crippen LogP contribution < -0.4 is 10.5 Å².